The highest BCUT2D eigenvalue weighted by molar-refractivity contribution is 6.30. The van der Waals surface area contributed by atoms with E-state index in [1.165, 1.54) is 25.7 Å². The van der Waals surface area contributed by atoms with Gasteiger partial charge < -0.3 is 5.32 Å². The summed E-state index contributed by atoms with van der Waals surface area (Å²) in [6, 6.07) is 0.571. The van der Waals surface area contributed by atoms with Crippen LogP contribution in [0.25, 0.3) is 0 Å². The van der Waals surface area contributed by atoms with E-state index in [9.17, 15) is 4.79 Å². The number of aromatic nitrogens is 2. The third-order valence-corrected chi connectivity index (χ3v) is 5.35. The highest BCUT2D eigenvalue weighted by Crippen LogP contribution is 2.34. The molecule has 0 spiro atoms. The summed E-state index contributed by atoms with van der Waals surface area (Å²) < 4.78 is 1.64. The van der Waals surface area contributed by atoms with Crippen LogP contribution in [0.3, 0.4) is 0 Å². The average Bonchev–Trinajstić information content (AvgIpc) is 2.95. The van der Waals surface area contributed by atoms with Crippen molar-refractivity contribution in [2.45, 2.75) is 57.5 Å². The standard InChI is InChI=1S/C15H22ClN3O/c1-9-11(15(16)19(2)18-9)8-14(20)13-7-10-5-3-4-6-12(10)17-13/h10,12-13,17H,3-8H2,1-2H3. The first-order valence-corrected chi connectivity index (χ1v) is 7.90. The van der Waals surface area contributed by atoms with E-state index in [1.807, 2.05) is 14.0 Å². The van der Waals surface area contributed by atoms with Crippen molar-refractivity contribution in [3.05, 3.63) is 16.4 Å². The van der Waals surface area contributed by atoms with Crippen LogP contribution in [0.15, 0.2) is 0 Å². The summed E-state index contributed by atoms with van der Waals surface area (Å²) in [5.74, 6) is 0.959. The third-order valence-electron chi connectivity index (χ3n) is 4.87. The van der Waals surface area contributed by atoms with Crippen LogP contribution in [0.2, 0.25) is 5.15 Å². The Bertz CT molecular complexity index is 511. The fourth-order valence-corrected chi connectivity index (χ4v) is 3.98. The molecule has 2 fully saturated rings. The fourth-order valence-electron chi connectivity index (χ4n) is 3.73. The van der Waals surface area contributed by atoms with Crippen LogP contribution in [-0.2, 0) is 18.3 Å². The van der Waals surface area contributed by atoms with Gasteiger partial charge in [-0.1, -0.05) is 24.4 Å². The Morgan fingerprint density at radius 3 is 2.85 bits per heavy atom. The van der Waals surface area contributed by atoms with Gasteiger partial charge in [0.25, 0.3) is 0 Å². The first kappa shape index (κ1) is 14.1. The van der Waals surface area contributed by atoms with Gasteiger partial charge in [0.1, 0.15) is 5.15 Å². The second-order valence-electron chi connectivity index (χ2n) is 6.23. The number of hydrogen-bond acceptors (Lipinski definition) is 3. The Labute approximate surface area is 124 Å². The maximum Gasteiger partial charge on any atom is 0.154 e. The minimum absolute atomic E-state index is 0.0128. The molecule has 0 bridgehead atoms. The molecule has 1 aliphatic carbocycles. The number of nitrogens with zero attached hydrogens (tertiary/aromatic N) is 2. The lowest BCUT2D eigenvalue weighted by atomic mass is 9.84. The summed E-state index contributed by atoms with van der Waals surface area (Å²) in [6.45, 7) is 1.91. The van der Waals surface area contributed by atoms with Gasteiger partial charge in [-0.15, -0.1) is 0 Å². The first-order valence-electron chi connectivity index (χ1n) is 7.53. The molecule has 20 heavy (non-hydrogen) atoms. The number of carbonyl (C=O) groups excluding carboxylic acids is 1. The van der Waals surface area contributed by atoms with Crippen molar-refractivity contribution in [2.24, 2.45) is 13.0 Å². The van der Waals surface area contributed by atoms with E-state index >= 15 is 0 Å². The topological polar surface area (TPSA) is 46.9 Å². The largest absolute Gasteiger partial charge is 0.304 e. The molecule has 0 amide bonds. The van der Waals surface area contributed by atoms with Crippen molar-refractivity contribution < 1.29 is 4.79 Å². The number of carbonyl (C=O) groups is 1. The lowest BCUT2D eigenvalue weighted by Gasteiger charge is -2.24. The van der Waals surface area contributed by atoms with Gasteiger partial charge in [0.2, 0.25) is 0 Å². The molecule has 3 atom stereocenters. The summed E-state index contributed by atoms with van der Waals surface area (Å²) in [5.41, 5.74) is 1.75. The molecule has 1 N–H and O–H groups in total. The normalized spacial score (nSPS) is 29.4. The summed E-state index contributed by atoms with van der Waals surface area (Å²) in [7, 11) is 1.81. The summed E-state index contributed by atoms with van der Waals surface area (Å²) in [6.07, 6.45) is 6.51. The lowest BCUT2D eigenvalue weighted by molar-refractivity contribution is -0.120. The van der Waals surface area contributed by atoms with Crippen LogP contribution >= 0.6 is 11.6 Å². The molecule has 2 heterocycles. The highest BCUT2D eigenvalue weighted by atomic mass is 35.5. The van der Waals surface area contributed by atoms with Crippen LogP contribution in [-0.4, -0.2) is 27.6 Å². The van der Waals surface area contributed by atoms with Gasteiger partial charge in [-0.25, -0.2) is 0 Å². The van der Waals surface area contributed by atoms with Crippen LogP contribution < -0.4 is 5.32 Å². The van der Waals surface area contributed by atoms with Crippen LogP contribution in [0, 0.1) is 12.8 Å². The predicted molar refractivity (Wildman–Crippen MR) is 79.0 cm³/mol. The number of Topliss-reactive ketones (excluding diaryl/α,β-unsaturated/α-hetero) is 1. The second-order valence-corrected chi connectivity index (χ2v) is 6.59. The van der Waals surface area contributed by atoms with Crippen molar-refractivity contribution in [3.63, 3.8) is 0 Å². The number of fused-ring (bicyclic) bond motifs is 1. The molecule has 3 rings (SSSR count). The van der Waals surface area contributed by atoms with Gasteiger partial charge in [0, 0.05) is 25.1 Å². The minimum Gasteiger partial charge on any atom is -0.304 e. The first-order chi connectivity index (χ1) is 9.56. The summed E-state index contributed by atoms with van der Waals surface area (Å²) >= 11 is 6.21. The Balaban J connectivity index is 1.68. The molecule has 4 nitrogen and oxygen atoms in total. The predicted octanol–water partition coefficient (Wildman–Crippen LogP) is 2.41. The Morgan fingerprint density at radius 1 is 1.45 bits per heavy atom. The number of rotatable bonds is 3. The molecule has 1 aromatic heterocycles. The zero-order chi connectivity index (χ0) is 14.3. The number of hydrogen-bond donors (Lipinski definition) is 1. The maximum absolute atomic E-state index is 12.5. The second kappa shape index (κ2) is 5.49. The monoisotopic (exact) mass is 295 g/mol. The molecule has 5 heteroatoms. The maximum atomic E-state index is 12.5. The smallest absolute Gasteiger partial charge is 0.154 e. The van der Waals surface area contributed by atoms with Gasteiger partial charge in [-0.05, 0) is 32.1 Å². The SMILES string of the molecule is Cc1nn(C)c(Cl)c1CC(=O)C1CC2CCCCC2N1. The van der Waals surface area contributed by atoms with E-state index in [0.717, 1.165) is 17.7 Å². The molecule has 2 aliphatic rings. The fraction of sp³-hybridized carbons (Fsp3) is 0.733. The molecule has 110 valence electrons. The molecular formula is C15H22ClN3O. The van der Waals surface area contributed by atoms with Crippen molar-refractivity contribution in [2.75, 3.05) is 0 Å². The minimum atomic E-state index is 0.0128. The zero-order valence-corrected chi connectivity index (χ0v) is 12.9. The van der Waals surface area contributed by atoms with E-state index < -0.39 is 0 Å². The van der Waals surface area contributed by atoms with Gasteiger partial charge in [-0.2, -0.15) is 5.10 Å². The number of aryl methyl sites for hydroxylation is 2. The van der Waals surface area contributed by atoms with Crippen molar-refractivity contribution in [1.29, 1.82) is 0 Å². The van der Waals surface area contributed by atoms with E-state index in [2.05, 4.69) is 10.4 Å². The summed E-state index contributed by atoms with van der Waals surface area (Å²) in [5, 5.41) is 8.40. The van der Waals surface area contributed by atoms with E-state index in [4.69, 9.17) is 11.6 Å². The van der Waals surface area contributed by atoms with Gasteiger partial charge in [0.15, 0.2) is 5.78 Å². The van der Waals surface area contributed by atoms with Crippen molar-refractivity contribution >= 4 is 17.4 Å². The van der Waals surface area contributed by atoms with Crippen LogP contribution in [0.5, 0.6) is 0 Å². The van der Waals surface area contributed by atoms with Gasteiger partial charge in [0.05, 0.1) is 11.7 Å². The molecule has 0 aromatic carbocycles. The molecule has 1 saturated heterocycles. The molecule has 1 aliphatic heterocycles. The Kier molecular flexibility index (Phi) is 3.87. The van der Waals surface area contributed by atoms with Crippen LogP contribution in [0.1, 0.15) is 43.4 Å². The van der Waals surface area contributed by atoms with E-state index in [0.29, 0.717) is 23.5 Å². The van der Waals surface area contributed by atoms with Crippen LogP contribution in [0.4, 0.5) is 0 Å². The lowest BCUT2D eigenvalue weighted by Crippen LogP contribution is -2.37. The van der Waals surface area contributed by atoms with E-state index in [-0.39, 0.29) is 11.8 Å². The molecule has 0 radical (unpaired) electrons. The van der Waals surface area contributed by atoms with E-state index in [1.54, 1.807) is 4.68 Å². The Morgan fingerprint density at radius 2 is 2.20 bits per heavy atom. The van der Waals surface area contributed by atoms with Gasteiger partial charge >= 0.3 is 0 Å². The molecule has 3 unspecified atom stereocenters. The third kappa shape index (κ3) is 2.51. The highest BCUT2D eigenvalue weighted by Gasteiger charge is 2.38. The quantitative estimate of drug-likeness (QED) is 0.931. The molecular weight excluding hydrogens is 274 g/mol. The van der Waals surface area contributed by atoms with Crippen molar-refractivity contribution in [1.82, 2.24) is 15.1 Å². The number of halogens is 1. The van der Waals surface area contributed by atoms with Gasteiger partial charge in [-0.3, -0.25) is 9.48 Å². The van der Waals surface area contributed by atoms with Crippen molar-refractivity contribution in [3.8, 4) is 0 Å². The number of nitrogens with one attached hydrogen (secondary N) is 1. The zero-order valence-electron chi connectivity index (χ0n) is 12.2. The molecule has 1 saturated carbocycles. The number of ketones is 1. The Hall–Kier alpha value is -0.870. The molecule has 1 aromatic rings. The average molecular weight is 296 g/mol. The summed E-state index contributed by atoms with van der Waals surface area (Å²) in [4.78, 5) is 12.5.